The molecule has 1 amide bonds. The number of carbonyl (C=O) groups is 1. The van der Waals surface area contributed by atoms with Crippen molar-refractivity contribution in [2.75, 3.05) is 32.8 Å². The van der Waals surface area contributed by atoms with E-state index in [1.165, 1.54) is 0 Å². The largest absolute Gasteiger partial charge is 0.380 e. The first kappa shape index (κ1) is 15.7. The Balaban J connectivity index is 1.74. The van der Waals surface area contributed by atoms with Gasteiger partial charge in [0.15, 0.2) is 0 Å². The fraction of sp³-hybridized carbons (Fsp3) is 0.933. The van der Waals surface area contributed by atoms with E-state index < -0.39 is 5.60 Å². The van der Waals surface area contributed by atoms with Crippen molar-refractivity contribution >= 4 is 5.91 Å². The highest BCUT2D eigenvalue weighted by molar-refractivity contribution is 5.85. The Labute approximate surface area is 121 Å². The monoisotopic (exact) mass is 284 g/mol. The lowest BCUT2D eigenvalue weighted by Gasteiger charge is -2.34. The normalized spacial score (nSPS) is 26.9. The van der Waals surface area contributed by atoms with E-state index in [0.717, 1.165) is 39.1 Å². The molecule has 1 aliphatic heterocycles. The van der Waals surface area contributed by atoms with Crippen LogP contribution < -0.4 is 5.32 Å². The maximum atomic E-state index is 12.0. The molecule has 1 saturated heterocycles. The van der Waals surface area contributed by atoms with Crippen LogP contribution in [0.3, 0.4) is 0 Å². The highest BCUT2D eigenvalue weighted by atomic mass is 16.5. The molecule has 1 heterocycles. The Kier molecular flexibility index (Phi) is 5.41. The lowest BCUT2D eigenvalue weighted by Crippen LogP contribution is -2.52. The molecule has 1 saturated carbocycles. The molecule has 2 fully saturated rings. The molecule has 2 N–H and O–H groups in total. The molecule has 2 aliphatic rings. The van der Waals surface area contributed by atoms with Gasteiger partial charge in [0, 0.05) is 26.2 Å². The zero-order chi connectivity index (χ0) is 14.6. The maximum absolute atomic E-state index is 12.0. The van der Waals surface area contributed by atoms with Crippen molar-refractivity contribution in [3.05, 3.63) is 0 Å². The zero-order valence-corrected chi connectivity index (χ0v) is 12.7. The lowest BCUT2D eigenvalue weighted by molar-refractivity contribution is -0.140. The average molecular weight is 284 g/mol. The number of amides is 1. The van der Waals surface area contributed by atoms with Gasteiger partial charge in [-0.2, -0.15) is 0 Å². The predicted molar refractivity (Wildman–Crippen MR) is 77.4 cm³/mol. The third-order valence-electron chi connectivity index (χ3n) is 4.19. The average Bonchev–Trinajstić information content (AvgIpc) is 2.84. The van der Waals surface area contributed by atoms with Crippen LogP contribution >= 0.6 is 0 Å². The van der Waals surface area contributed by atoms with Gasteiger partial charge in [0.25, 0.3) is 5.91 Å². The molecule has 0 aromatic heterocycles. The second-order valence-electron chi connectivity index (χ2n) is 6.59. The Hall–Kier alpha value is -0.650. The quantitative estimate of drug-likeness (QED) is 0.782. The Morgan fingerprint density at radius 1 is 1.45 bits per heavy atom. The van der Waals surface area contributed by atoms with Gasteiger partial charge in [-0.1, -0.05) is 13.8 Å². The highest BCUT2D eigenvalue weighted by Gasteiger charge is 2.38. The Morgan fingerprint density at radius 3 is 2.80 bits per heavy atom. The SMILES string of the molecule is CC(C)CN1CCOC(CNC(=O)C2(O)CCCC2)C1. The van der Waals surface area contributed by atoms with E-state index in [0.29, 0.717) is 25.3 Å². The minimum atomic E-state index is -1.13. The summed E-state index contributed by atoms with van der Waals surface area (Å²) in [4.78, 5) is 14.4. The number of aliphatic hydroxyl groups is 1. The molecular formula is C15H28N2O3. The summed E-state index contributed by atoms with van der Waals surface area (Å²) < 4.78 is 5.70. The molecule has 5 heteroatoms. The van der Waals surface area contributed by atoms with E-state index in [1.54, 1.807) is 0 Å². The fourth-order valence-corrected chi connectivity index (χ4v) is 3.14. The van der Waals surface area contributed by atoms with Crippen LogP contribution in [0.25, 0.3) is 0 Å². The van der Waals surface area contributed by atoms with Crippen molar-refractivity contribution in [1.82, 2.24) is 10.2 Å². The molecule has 5 nitrogen and oxygen atoms in total. The summed E-state index contributed by atoms with van der Waals surface area (Å²) in [6, 6.07) is 0. The van der Waals surface area contributed by atoms with Gasteiger partial charge < -0.3 is 15.2 Å². The topological polar surface area (TPSA) is 61.8 Å². The van der Waals surface area contributed by atoms with Gasteiger partial charge >= 0.3 is 0 Å². The van der Waals surface area contributed by atoms with E-state index in [9.17, 15) is 9.90 Å². The first-order valence-corrected chi connectivity index (χ1v) is 7.84. The molecule has 0 spiro atoms. The summed E-state index contributed by atoms with van der Waals surface area (Å²) in [5.74, 6) is 0.419. The van der Waals surface area contributed by atoms with Crippen molar-refractivity contribution in [2.24, 2.45) is 5.92 Å². The molecule has 0 aromatic carbocycles. The zero-order valence-electron chi connectivity index (χ0n) is 12.7. The number of nitrogens with one attached hydrogen (secondary N) is 1. The number of rotatable bonds is 5. The number of hydrogen-bond donors (Lipinski definition) is 2. The van der Waals surface area contributed by atoms with Crippen molar-refractivity contribution in [1.29, 1.82) is 0 Å². The molecule has 1 atom stereocenters. The maximum Gasteiger partial charge on any atom is 0.252 e. The summed E-state index contributed by atoms with van der Waals surface area (Å²) >= 11 is 0. The van der Waals surface area contributed by atoms with Gasteiger partial charge in [0.1, 0.15) is 5.60 Å². The summed E-state index contributed by atoms with van der Waals surface area (Å²) in [5.41, 5.74) is -1.13. The summed E-state index contributed by atoms with van der Waals surface area (Å²) in [6.45, 7) is 8.53. The van der Waals surface area contributed by atoms with Crippen LogP contribution in [0.2, 0.25) is 0 Å². The Bertz CT molecular complexity index is 327. The summed E-state index contributed by atoms with van der Waals surface area (Å²) in [7, 11) is 0. The van der Waals surface area contributed by atoms with Crippen LogP contribution in [0.15, 0.2) is 0 Å². The molecule has 116 valence electrons. The molecule has 0 aromatic rings. The Morgan fingerprint density at radius 2 is 2.15 bits per heavy atom. The number of nitrogens with zero attached hydrogens (tertiary/aromatic N) is 1. The minimum absolute atomic E-state index is 0.0384. The van der Waals surface area contributed by atoms with E-state index >= 15 is 0 Å². The molecular weight excluding hydrogens is 256 g/mol. The molecule has 20 heavy (non-hydrogen) atoms. The van der Waals surface area contributed by atoms with Crippen molar-refractivity contribution < 1.29 is 14.6 Å². The van der Waals surface area contributed by atoms with Gasteiger partial charge in [-0.3, -0.25) is 9.69 Å². The highest BCUT2D eigenvalue weighted by Crippen LogP contribution is 2.29. The minimum Gasteiger partial charge on any atom is -0.380 e. The molecule has 2 rings (SSSR count). The number of carbonyl (C=O) groups excluding carboxylic acids is 1. The second kappa shape index (κ2) is 6.87. The van der Waals surface area contributed by atoms with Gasteiger partial charge in [-0.15, -0.1) is 0 Å². The number of morpholine rings is 1. The summed E-state index contributed by atoms with van der Waals surface area (Å²) in [6.07, 6.45) is 3.09. The van der Waals surface area contributed by atoms with E-state index in [2.05, 4.69) is 24.1 Å². The van der Waals surface area contributed by atoms with Crippen LogP contribution in [0.4, 0.5) is 0 Å². The molecule has 1 unspecified atom stereocenters. The van der Waals surface area contributed by atoms with E-state index in [1.807, 2.05) is 0 Å². The smallest absolute Gasteiger partial charge is 0.252 e. The van der Waals surface area contributed by atoms with E-state index in [-0.39, 0.29) is 12.0 Å². The number of ether oxygens (including phenoxy) is 1. The van der Waals surface area contributed by atoms with Gasteiger partial charge in [-0.05, 0) is 31.6 Å². The molecule has 0 bridgehead atoms. The lowest BCUT2D eigenvalue weighted by atomic mass is 10.0. The molecule has 0 radical (unpaired) electrons. The standard InChI is InChI=1S/C15H28N2O3/c1-12(2)10-17-7-8-20-13(11-17)9-16-14(18)15(19)5-3-4-6-15/h12-13,19H,3-11H2,1-2H3,(H,16,18). The van der Waals surface area contributed by atoms with Gasteiger partial charge in [0.2, 0.25) is 0 Å². The van der Waals surface area contributed by atoms with Crippen LogP contribution in [0.5, 0.6) is 0 Å². The summed E-state index contributed by atoms with van der Waals surface area (Å²) in [5, 5.41) is 13.1. The van der Waals surface area contributed by atoms with Crippen LogP contribution in [0.1, 0.15) is 39.5 Å². The van der Waals surface area contributed by atoms with Crippen LogP contribution in [0, 0.1) is 5.92 Å². The number of hydrogen-bond acceptors (Lipinski definition) is 4. The van der Waals surface area contributed by atoms with E-state index in [4.69, 9.17) is 4.74 Å². The van der Waals surface area contributed by atoms with Gasteiger partial charge in [0.05, 0.1) is 12.7 Å². The second-order valence-corrected chi connectivity index (χ2v) is 6.59. The van der Waals surface area contributed by atoms with Crippen LogP contribution in [-0.4, -0.2) is 60.4 Å². The van der Waals surface area contributed by atoms with Crippen molar-refractivity contribution in [3.8, 4) is 0 Å². The third kappa shape index (κ3) is 4.17. The molecule has 1 aliphatic carbocycles. The fourth-order valence-electron chi connectivity index (χ4n) is 3.14. The first-order valence-electron chi connectivity index (χ1n) is 7.84. The van der Waals surface area contributed by atoms with Crippen LogP contribution in [-0.2, 0) is 9.53 Å². The van der Waals surface area contributed by atoms with Crippen molar-refractivity contribution in [3.63, 3.8) is 0 Å². The van der Waals surface area contributed by atoms with Gasteiger partial charge in [-0.25, -0.2) is 0 Å². The predicted octanol–water partition coefficient (Wildman–Crippen LogP) is 0.764. The third-order valence-corrected chi connectivity index (χ3v) is 4.19. The van der Waals surface area contributed by atoms with Crippen molar-refractivity contribution in [2.45, 2.75) is 51.2 Å². The first-order chi connectivity index (χ1) is 9.49.